The molecule has 0 aliphatic rings. The summed E-state index contributed by atoms with van der Waals surface area (Å²) in [6.07, 6.45) is 1.69. The van der Waals surface area contributed by atoms with Crippen molar-refractivity contribution in [1.82, 2.24) is 0 Å². The second-order valence-corrected chi connectivity index (χ2v) is 4.18. The van der Waals surface area contributed by atoms with Gasteiger partial charge in [0.1, 0.15) is 0 Å². The molecule has 0 spiro atoms. The summed E-state index contributed by atoms with van der Waals surface area (Å²) < 4.78 is 0. The van der Waals surface area contributed by atoms with E-state index in [0.29, 0.717) is 0 Å². The van der Waals surface area contributed by atoms with Crippen molar-refractivity contribution in [3.8, 4) is 178 Å². The number of hydrogen-bond acceptors (Lipinski definition) is 0. The van der Waals surface area contributed by atoms with Crippen LogP contribution in [0.15, 0.2) is 0 Å². The third kappa shape index (κ3) is 25.3. The summed E-state index contributed by atoms with van der Waals surface area (Å²) in [5.74, 6) is 75.8. The molecule has 0 aromatic carbocycles. The Kier molecular flexibility index (Phi) is 20.1. The largest absolute Gasteiger partial charge is 0.281 e. The Morgan fingerprint density at radius 3 is 0.636 bits per heavy atom. The van der Waals surface area contributed by atoms with Crippen LogP contribution in [0.1, 0.15) is 13.8 Å². The molecule has 33 heavy (non-hydrogen) atoms. The van der Waals surface area contributed by atoms with Crippen molar-refractivity contribution in [3.63, 3.8) is 0 Å². The van der Waals surface area contributed by atoms with Crippen LogP contribution in [0.2, 0.25) is 0 Å². The van der Waals surface area contributed by atoms with Gasteiger partial charge >= 0.3 is 0 Å². The summed E-state index contributed by atoms with van der Waals surface area (Å²) in [7, 11) is 0. The van der Waals surface area contributed by atoms with Gasteiger partial charge in [-0.1, -0.05) is 5.92 Å². The van der Waals surface area contributed by atoms with E-state index in [4.69, 9.17) is 0 Å². The van der Waals surface area contributed by atoms with Crippen LogP contribution in [-0.2, 0) is 0 Å². The first-order chi connectivity index (χ1) is 16.4. The Bertz CT molecular complexity index is 1710. The highest BCUT2D eigenvalue weighted by molar-refractivity contribution is 5.48. The second kappa shape index (κ2) is 25.3. The molecule has 0 amide bonds. The van der Waals surface area contributed by atoms with E-state index in [0.717, 1.165) is 0 Å². The van der Waals surface area contributed by atoms with E-state index in [1.54, 1.807) is 13.3 Å². The lowest BCUT2D eigenvalue weighted by molar-refractivity contribution is 1.62. The van der Waals surface area contributed by atoms with Gasteiger partial charge in [-0.25, -0.2) is 5.92 Å². The molecule has 0 rings (SSSR count). The van der Waals surface area contributed by atoms with Crippen LogP contribution < -0.4 is 0 Å². The Hall–Kier alpha value is -6.73. The maximum Gasteiger partial charge on any atom is 0 e. The van der Waals surface area contributed by atoms with Crippen molar-refractivity contribution in [2.45, 2.75) is 13.8 Å². The average Bonchev–Trinajstić information content (AvgIpc) is 2.83. The molecular formula is C33H7-. The molecule has 0 nitrogen and oxygen atoms in total. The molecule has 0 aromatic rings. The van der Waals surface area contributed by atoms with Crippen molar-refractivity contribution in [2.24, 2.45) is 0 Å². The topological polar surface area (TPSA) is 0 Å². The van der Waals surface area contributed by atoms with E-state index in [2.05, 4.69) is 178 Å². The Balaban J connectivity index is 4.47. The van der Waals surface area contributed by atoms with Crippen LogP contribution in [0.4, 0.5) is 0 Å². The number of rotatable bonds is 0. The lowest BCUT2D eigenvalue weighted by Crippen LogP contribution is -1.57. The SMILES string of the molecule is CC#CC#CC#CC#CC#CC#CC#CC#CC#CC#CC#CC#CC#CC#CC#C[CH-]C. The summed E-state index contributed by atoms with van der Waals surface area (Å²) in [5.41, 5.74) is 0. The van der Waals surface area contributed by atoms with Crippen molar-refractivity contribution < 1.29 is 0 Å². The van der Waals surface area contributed by atoms with Gasteiger partial charge in [0.25, 0.3) is 0 Å². The van der Waals surface area contributed by atoms with E-state index < -0.39 is 0 Å². The van der Waals surface area contributed by atoms with Crippen LogP contribution in [0.3, 0.4) is 0 Å². The maximum absolute atomic E-state index is 2.68. The molecule has 0 unspecified atom stereocenters. The van der Waals surface area contributed by atoms with Crippen molar-refractivity contribution in [1.29, 1.82) is 0 Å². The van der Waals surface area contributed by atoms with Gasteiger partial charge in [-0.3, -0.25) is 5.92 Å². The molecule has 0 heteroatoms. The predicted molar refractivity (Wildman–Crippen MR) is 132 cm³/mol. The zero-order chi connectivity index (χ0) is 23.9. The molecule has 0 atom stereocenters. The van der Waals surface area contributed by atoms with E-state index in [1.165, 1.54) is 0 Å². The monoisotopic (exact) mass is 403 g/mol. The smallest absolute Gasteiger partial charge is 0 e. The van der Waals surface area contributed by atoms with E-state index in [9.17, 15) is 0 Å². The quantitative estimate of drug-likeness (QED) is 0.422. The van der Waals surface area contributed by atoms with Crippen molar-refractivity contribution >= 4 is 0 Å². The zero-order valence-electron chi connectivity index (χ0n) is 17.6. The van der Waals surface area contributed by atoms with Crippen LogP contribution in [0.25, 0.3) is 0 Å². The molecule has 0 saturated heterocycles. The van der Waals surface area contributed by atoms with Crippen LogP contribution in [-0.4, -0.2) is 0 Å². The molecule has 0 fully saturated rings. The van der Waals surface area contributed by atoms with Crippen molar-refractivity contribution in [3.05, 3.63) is 6.42 Å². The van der Waals surface area contributed by atoms with Gasteiger partial charge in [0.2, 0.25) is 0 Å². The highest BCUT2D eigenvalue weighted by Gasteiger charge is 1.59. The molecule has 0 saturated carbocycles. The Morgan fingerprint density at radius 2 is 0.455 bits per heavy atom. The van der Waals surface area contributed by atoms with Gasteiger partial charge in [0.15, 0.2) is 0 Å². The third-order valence-corrected chi connectivity index (χ3v) is 2.03. The van der Waals surface area contributed by atoms with Gasteiger partial charge in [0, 0.05) is 59.2 Å². The first-order valence-electron chi connectivity index (χ1n) is 8.62. The van der Waals surface area contributed by atoms with Gasteiger partial charge in [-0.15, -0.1) is 12.8 Å². The fourth-order valence-corrected chi connectivity index (χ4v) is 0.983. The summed E-state index contributed by atoms with van der Waals surface area (Å²) in [6, 6.07) is 0. The number of hydrogen-bond donors (Lipinski definition) is 0. The molecule has 0 radical (unpaired) electrons. The first-order valence-corrected chi connectivity index (χ1v) is 8.62. The summed E-state index contributed by atoms with van der Waals surface area (Å²) in [4.78, 5) is 0. The highest BCUT2D eigenvalue weighted by Crippen LogP contribution is 1.63. The molecule has 0 N–H and O–H groups in total. The normalized spacial score (nSPS) is 4.06. The zero-order valence-corrected chi connectivity index (χ0v) is 17.6. The summed E-state index contributed by atoms with van der Waals surface area (Å²) in [5, 5.41) is 0. The maximum atomic E-state index is 2.68. The standard InChI is InChI=1S/C33H7/c1-3-5-7-9-11-13-15-17-19-21-23-25-27-29-31-33-32-30-28-26-24-22-20-18-16-14-12-10-8-6-4-2/h3H,1-2H3/q-1. The molecule has 0 aromatic heterocycles. The van der Waals surface area contributed by atoms with Gasteiger partial charge in [0.05, 0.1) is 0 Å². The van der Waals surface area contributed by atoms with Crippen LogP contribution >= 0.6 is 0 Å². The first kappa shape index (κ1) is 26.3. The fraction of sp³-hybridized carbons (Fsp3) is 0.0606. The van der Waals surface area contributed by atoms with Gasteiger partial charge in [-0.05, 0) is 102 Å². The molecule has 0 heterocycles. The second-order valence-electron chi connectivity index (χ2n) is 4.18. The van der Waals surface area contributed by atoms with E-state index in [-0.39, 0.29) is 0 Å². The molecule has 0 aliphatic carbocycles. The molecule has 0 bridgehead atoms. The fourth-order valence-electron chi connectivity index (χ4n) is 0.983. The minimum atomic E-state index is 1.69. The minimum Gasteiger partial charge on any atom is -0.281 e. The summed E-state index contributed by atoms with van der Waals surface area (Å²) >= 11 is 0. The predicted octanol–water partition coefficient (Wildman–Crippen LogP) is 1.28. The molecule has 140 valence electrons. The summed E-state index contributed by atoms with van der Waals surface area (Å²) in [6.45, 7) is 3.51. The van der Waals surface area contributed by atoms with E-state index >= 15 is 0 Å². The lowest BCUT2D eigenvalue weighted by Gasteiger charge is -1.76. The van der Waals surface area contributed by atoms with E-state index in [1.807, 2.05) is 6.92 Å². The average molecular weight is 403 g/mol. The minimum absolute atomic E-state index is 1.69. The Labute approximate surface area is 197 Å². The highest BCUT2D eigenvalue weighted by atomic mass is 13.6. The van der Waals surface area contributed by atoms with Gasteiger partial charge < -0.3 is 0 Å². The lowest BCUT2D eigenvalue weighted by atomic mass is 10.4. The van der Waals surface area contributed by atoms with Crippen LogP contribution in [0, 0.1) is 184 Å². The third-order valence-electron chi connectivity index (χ3n) is 2.03. The van der Waals surface area contributed by atoms with Crippen LogP contribution in [0.5, 0.6) is 0 Å². The van der Waals surface area contributed by atoms with Crippen molar-refractivity contribution in [2.75, 3.05) is 0 Å². The van der Waals surface area contributed by atoms with Gasteiger partial charge in [-0.2, -0.15) is 6.42 Å². The molecular weight excluding hydrogens is 396 g/mol. The molecule has 0 aliphatic heterocycles. The Morgan fingerprint density at radius 1 is 0.273 bits per heavy atom.